The summed E-state index contributed by atoms with van der Waals surface area (Å²) in [5.41, 5.74) is 21.1. The average molecular weight is 967 g/mol. The summed E-state index contributed by atoms with van der Waals surface area (Å²) < 4.78 is 4.75. The quantitative estimate of drug-likeness (QED) is 0.145. The Kier molecular flexibility index (Phi) is 10.9. The van der Waals surface area contributed by atoms with Crippen molar-refractivity contribution in [3.8, 4) is 95.6 Å². The van der Waals surface area contributed by atoms with Crippen LogP contribution in [0.3, 0.4) is 0 Å². The Morgan fingerprint density at radius 2 is 0.632 bits per heavy atom. The van der Waals surface area contributed by atoms with Crippen molar-refractivity contribution in [3.63, 3.8) is 0 Å². The summed E-state index contributed by atoms with van der Waals surface area (Å²) in [7, 11) is 0. The van der Waals surface area contributed by atoms with E-state index in [4.69, 9.17) is 4.98 Å². The fourth-order valence-corrected chi connectivity index (χ4v) is 11.5. The van der Waals surface area contributed by atoms with Gasteiger partial charge < -0.3 is 9.13 Å². The van der Waals surface area contributed by atoms with Crippen molar-refractivity contribution in [1.82, 2.24) is 14.1 Å². The molecule has 0 saturated carbocycles. The molecule has 0 aliphatic carbocycles. The maximum absolute atomic E-state index is 11.7. The monoisotopic (exact) mass is 966 g/mol. The van der Waals surface area contributed by atoms with Gasteiger partial charge in [0.2, 0.25) is 0 Å². The summed E-state index contributed by atoms with van der Waals surface area (Å²) in [5.74, 6) is 0. The highest BCUT2D eigenvalue weighted by Crippen LogP contribution is 2.45. The third kappa shape index (κ3) is 7.57. The highest BCUT2D eigenvalue weighted by molar-refractivity contribution is 6.13. The van der Waals surface area contributed by atoms with E-state index in [-0.39, 0.29) is 0 Å². The van der Waals surface area contributed by atoms with Gasteiger partial charge in [0.15, 0.2) is 0 Å². The first-order valence-corrected chi connectivity index (χ1v) is 25.8. The van der Waals surface area contributed by atoms with Crippen LogP contribution >= 0.6 is 0 Å². The van der Waals surface area contributed by atoms with E-state index in [1.165, 1.54) is 5.56 Å². The number of benzene rings is 11. The van der Waals surface area contributed by atoms with Crippen LogP contribution in [-0.2, 0) is 0 Å². The van der Waals surface area contributed by atoms with Gasteiger partial charge in [-0.1, -0.05) is 231 Å². The summed E-state index contributed by atoms with van der Waals surface area (Å²) in [4.78, 5) is 5.32. The van der Waals surface area contributed by atoms with Crippen molar-refractivity contribution >= 4 is 43.6 Å². The molecular weight excluding hydrogens is 921 g/mol. The largest absolute Gasteiger partial charge is 0.309 e. The Morgan fingerprint density at radius 3 is 1.08 bits per heavy atom. The molecule has 0 aliphatic heterocycles. The van der Waals surface area contributed by atoms with E-state index in [0.29, 0.717) is 5.56 Å². The molecule has 3 aromatic heterocycles. The zero-order valence-electron chi connectivity index (χ0n) is 41.3. The van der Waals surface area contributed by atoms with Gasteiger partial charge in [0.25, 0.3) is 0 Å². The fourth-order valence-electron chi connectivity index (χ4n) is 11.5. The highest BCUT2D eigenvalue weighted by atomic mass is 15.0. The Balaban J connectivity index is 1.09. The molecule has 0 atom stereocenters. The summed E-state index contributed by atoms with van der Waals surface area (Å²) in [6.45, 7) is 0. The summed E-state index contributed by atoms with van der Waals surface area (Å²) >= 11 is 0. The van der Waals surface area contributed by atoms with Gasteiger partial charge in [-0.05, 0) is 98.6 Å². The fraction of sp³-hybridized carbons (Fsp3) is 0. The van der Waals surface area contributed by atoms with Crippen LogP contribution in [0, 0.1) is 11.3 Å². The molecule has 11 aromatic carbocycles. The van der Waals surface area contributed by atoms with Crippen LogP contribution < -0.4 is 0 Å². The van der Waals surface area contributed by atoms with Crippen molar-refractivity contribution in [2.45, 2.75) is 0 Å². The van der Waals surface area contributed by atoms with E-state index in [2.05, 4.69) is 282 Å². The van der Waals surface area contributed by atoms with Crippen molar-refractivity contribution in [3.05, 3.63) is 285 Å². The number of rotatable bonds is 9. The maximum Gasteiger partial charge on any atom is 0.101 e. The zero-order chi connectivity index (χ0) is 50.5. The van der Waals surface area contributed by atoms with Crippen LogP contribution in [0.25, 0.3) is 133 Å². The van der Waals surface area contributed by atoms with Gasteiger partial charge in [-0.2, -0.15) is 5.26 Å². The van der Waals surface area contributed by atoms with Gasteiger partial charge in [0, 0.05) is 38.2 Å². The van der Waals surface area contributed by atoms with Crippen molar-refractivity contribution in [2.24, 2.45) is 0 Å². The molecule has 0 saturated heterocycles. The van der Waals surface area contributed by atoms with E-state index >= 15 is 0 Å². The molecule has 0 aliphatic rings. The van der Waals surface area contributed by atoms with Crippen LogP contribution in [0.4, 0.5) is 0 Å². The lowest BCUT2D eigenvalue weighted by Gasteiger charge is -2.20. The average Bonchev–Trinajstić information content (AvgIpc) is 4.16. The molecule has 4 nitrogen and oxygen atoms in total. The van der Waals surface area contributed by atoms with E-state index in [1.807, 2.05) is 12.1 Å². The molecule has 4 heteroatoms. The second-order valence-corrected chi connectivity index (χ2v) is 19.3. The second kappa shape index (κ2) is 18.6. The Morgan fingerprint density at radius 1 is 0.263 bits per heavy atom. The van der Waals surface area contributed by atoms with Crippen LogP contribution in [0.1, 0.15) is 5.56 Å². The molecule has 0 fully saturated rings. The molecule has 3 heterocycles. The van der Waals surface area contributed by atoms with E-state index < -0.39 is 0 Å². The molecule has 0 radical (unpaired) electrons. The van der Waals surface area contributed by atoms with Gasteiger partial charge >= 0.3 is 0 Å². The first kappa shape index (κ1) is 44.4. The molecule has 0 bridgehead atoms. The van der Waals surface area contributed by atoms with E-state index in [1.54, 1.807) is 0 Å². The smallest absolute Gasteiger partial charge is 0.101 e. The molecule has 354 valence electrons. The lowest BCUT2D eigenvalue weighted by molar-refractivity contribution is 1.13. The molecule has 76 heavy (non-hydrogen) atoms. The van der Waals surface area contributed by atoms with Gasteiger partial charge in [0.1, 0.15) is 6.07 Å². The van der Waals surface area contributed by atoms with E-state index in [9.17, 15) is 5.26 Å². The lowest BCUT2D eigenvalue weighted by atomic mass is 9.94. The lowest BCUT2D eigenvalue weighted by Crippen LogP contribution is -2.05. The number of para-hydroxylation sites is 2. The maximum atomic E-state index is 11.7. The summed E-state index contributed by atoms with van der Waals surface area (Å²) in [6, 6.07) is 102. The standard InChI is InChI=1S/C72H46N4/c73-47-55-41-64(54-42-65(50-25-9-3-10-26-50)74-66(43-54)51-27-11-4-12-28-51)72(76-68-36-20-18-34-61(68)63-40-38-53(45-71(63)76)59-32-16-14-30-57(59)49-23-7-2-8-24-49)46-69(55)75-67-35-19-17-33-60(67)62-39-37-52(44-70(62)75)58-31-15-13-29-56(58)48-21-5-1-6-22-48/h1-46H. The molecule has 0 amide bonds. The first-order chi connectivity index (χ1) is 37.7. The van der Waals surface area contributed by atoms with Crippen molar-refractivity contribution in [2.75, 3.05) is 0 Å². The van der Waals surface area contributed by atoms with E-state index in [0.717, 1.165) is 128 Å². The number of hydrogen-bond acceptors (Lipinski definition) is 2. The Bertz CT molecular complexity index is 4510. The van der Waals surface area contributed by atoms with Crippen LogP contribution in [0.5, 0.6) is 0 Å². The zero-order valence-corrected chi connectivity index (χ0v) is 41.3. The SMILES string of the molecule is N#Cc1cc(-c2cc(-c3ccccc3)nc(-c3ccccc3)c2)c(-n2c3ccccc3c3ccc(-c4ccccc4-c4ccccc4)cc32)cc1-n1c2ccccc2c2ccc(-c3ccccc3-c3ccccc3)cc21. The van der Waals surface area contributed by atoms with Crippen LogP contribution in [0.2, 0.25) is 0 Å². The topological polar surface area (TPSA) is 46.5 Å². The predicted molar refractivity (Wildman–Crippen MR) is 316 cm³/mol. The van der Waals surface area contributed by atoms with Gasteiger partial charge in [0.05, 0.1) is 50.4 Å². The summed E-state index contributed by atoms with van der Waals surface area (Å²) in [5, 5.41) is 16.2. The molecule has 0 unspecified atom stereocenters. The second-order valence-electron chi connectivity index (χ2n) is 19.3. The van der Waals surface area contributed by atoms with Gasteiger partial charge in [-0.25, -0.2) is 4.98 Å². The van der Waals surface area contributed by atoms with Crippen LogP contribution in [0.15, 0.2) is 279 Å². The number of pyridine rings is 1. The third-order valence-corrected chi connectivity index (χ3v) is 15.0. The van der Waals surface area contributed by atoms with Crippen molar-refractivity contribution in [1.29, 1.82) is 5.26 Å². The highest BCUT2D eigenvalue weighted by Gasteiger charge is 2.24. The summed E-state index contributed by atoms with van der Waals surface area (Å²) in [6.07, 6.45) is 0. The molecule has 14 rings (SSSR count). The molecular formula is C72H46N4. The van der Waals surface area contributed by atoms with Gasteiger partial charge in [-0.15, -0.1) is 0 Å². The number of fused-ring (bicyclic) bond motifs is 6. The number of aromatic nitrogens is 3. The minimum atomic E-state index is 0.550. The normalized spacial score (nSPS) is 11.4. The Labute approximate surface area is 440 Å². The number of nitrogens with zero attached hydrogens (tertiary/aromatic N) is 4. The predicted octanol–water partition coefficient (Wildman–Crippen LogP) is 18.8. The third-order valence-electron chi connectivity index (χ3n) is 15.0. The minimum absolute atomic E-state index is 0.550. The minimum Gasteiger partial charge on any atom is -0.309 e. The van der Waals surface area contributed by atoms with Crippen molar-refractivity contribution < 1.29 is 0 Å². The number of nitriles is 1. The first-order valence-electron chi connectivity index (χ1n) is 25.8. The van der Waals surface area contributed by atoms with Gasteiger partial charge in [-0.3, -0.25) is 0 Å². The molecule has 0 spiro atoms. The Hall–Kier alpha value is -10.3. The number of hydrogen-bond donors (Lipinski definition) is 0. The molecule has 14 aromatic rings. The van der Waals surface area contributed by atoms with Crippen LogP contribution in [-0.4, -0.2) is 14.1 Å². The molecule has 0 N–H and O–H groups in total.